The van der Waals surface area contributed by atoms with Gasteiger partial charge in [-0.2, -0.15) is 0 Å². The zero-order valence-corrected chi connectivity index (χ0v) is 6.97. The quantitative estimate of drug-likeness (QED) is 0.613. The Morgan fingerprint density at radius 2 is 2.36 bits per heavy atom. The van der Waals surface area contributed by atoms with Crippen LogP contribution in [0.5, 0.6) is 0 Å². The zero-order valence-electron chi connectivity index (χ0n) is 6.97. The standard InChI is InChI=1S/C9H15NO/c1-2-3-9(11)5-4-8-6-10-7-8/h2-3,8,10H,4-7H2,1H3/b3-2+. The second-order valence-electron chi connectivity index (χ2n) is 3.03. The number of hydrogen-bond acceptors (Lipinski definition) is 2. The first kappa shape index (κ1) is 8.47. The van der Waals surface area contributed by atoms with Crippen LogP contribution in [0.3, 0.4) is 0 Å². The van der Waals surface area contributed by atoms with Crippen molar-refractivity contribution < 1.29 is 4.79 Å². The lowest BCUT2D eigenvalue weighted by atomic mass is 9.96. The monoisotopic (exact) mass is 153 g/mol. The number of hydrogen-bond donors (Lipinski definition) is 1. The number of carbonyl (C=O) groups is 1. The molecule has 1 saturated heterocycles. The summed E-state index contributed by atoms with van der Waals surface area (Å²) in [6, 6.07) is 0. The van der Waals surface area contributed by atoms with Gasteiger partial charge in [-0.1, -0.05) is 6.08 Å². The number of ketones is 1. The highest BCUT2D eigenvalue weighted by Crippen LogP contribution is 2.10. The van der Waals surface area contributed by atoms with Gasteiger partial charge >= 0.3 is 0 Å². The van der Waals surface area contributed by atoms with E-state index in [2.05, 4.69) is 5.32 Å². The summed E-state index contributed by atoms with van der Waals surface area (Å²) in [6.45, 7) is 4.08. The third-order valence-electron chi connectivity index (χ3n) is 2.02. The van der Waals surface area contributed by atoms with E-state index in [4.69, 9.17) is 0 Å². The van der Waals surface area contributed by atoms with Crippen LogP contribution >= 0.6 is 0 Å². The van der Waals surface area contributed by atoms with Crippen LogP contribution in [0, 0.1) is 5.92 Å². The fourth-order valence-electron chi connectivity index (χ4n) is 1.17. The highest BCUT2D eigenvalue weighted by Gasteiger charge is 2.16. The van der Waals surface area contributed by atoms with Gasteiger partial charge in [0, 0.05) is 6.42 Å². The molecule has 0 aromatic rings. The summed E-state index contributed by atoms with van der Waals surface area (Å²) in [5.41, 5.74) is 0. The van der Waals surface area contributed by atoms with Crippen LogP contribution < -0.4 is 5.32 Å². The van der Waals surface area contributed by atoms with Crippen molar-refractivity contribution in [3.05, 3.63) is 12.2 Å². The Morgan fingerprint density at radius 3 is 2.82 bits per heavy atom. The average Bonchev–Trinajstić information content (AvgIpc) is 1.85. The topological polar surface area (TPSA) is 29.1 Å². The minimum Gasteiger partial charge on any atom is -0.316 e. The second-order valence-corrected chi connectivity index (χ2v) is 3.03. The molecule has 0 unspecified atom stereocenters. The molecule has 0 bridgehead atoms. The Morgan fingerprint density at radius 1 is 1.64 bits per heavy atom. The van der Waals surface area contributed by atoms with Crippen LogP contribution in [-0.4, -0.2) is 18.9 Å². The SMILES string of the molecule is C/C=C/C(=O)CCC1CNC1. The van der Waals surface area contributed by atoms with Gasteiger partial charge in [0.15, 0.2) is 5.78 Å². The largest absolute Gasteiger partial charge is 0.316 e. The van der Waals surface area contributed by atoms with Crippen LogP contribution in [0.25, 0.3) is 0 Å². The molecule has 0 aliphatic carbocycles. The Kier molecular flexibility index (Phi) is 3.30. The summed E-state index contributed by atoms with van der Waals surface area (Å²) >= 11 is 0. The van der Waals surface area contributed by atoms with Gasteiger partial charge in [-0.3, -0.25) is 4.79 Å². The molecule has 0 saturated carbocycles. The summed E-state index contributed by atoms with van der Waals surface area (Å²) in [4.78, 5) is 11.0. The fourth-order valence-corrected chi connectivity index (χ4v) is 1.17. The minimum absolute atomic E-state index is 0.263. The lowest BCUT2D eigenvalue weighted by Gasteiger charge is -2.26. The zero-order chi connectivity index (χ0) is 8.10. The maximum Gasteiger partial charge on any atom is 0.155 e. The molecule has 0 amide bonds. The molecular formula is C9H15NO. The highest BCUT2D eigenvalue weighted by molar-refractivity contribution is 5.89. The molecule has 0 aromatic carbocycles. The van der Waals surface area contributed by atoms with Gasteiger partial charge in [0.1, 0.15) is 0 Å². The summed E-state index contributed by atoms with van der Waals surface area (Å²) in [6.07, 6.45) is 5.24. The van der Waals surface area contributed by atoms with E-state index in [1.54, 1.807) is 12.2 Å². The number of rotatable bonds is 4. The molecule has 1 heterocycles. The van der Waals surface area contributed by atoms with E-state index >= 15 is 0 Å². The molecule has 0 radical (unpaired) electrons. The van der Waals surface area contributed by atoms with Crippen molar-refractivity contribution in [2.24, 2.45) is 5.92 Å². The third-order valence-corrected chi connectivity index (χ3v) is 2.02. The molecule has 1 N–H and O–H groups in total. The van der Waals surface area contributed by atoms with E-state index in [1.165, 1.54) is 0 Å². The summed E-state index contributed by atoms with van der Waals surface area (Å²) in [5, 5.41) is 3.19. The van der Waals surface area contributed by atoms with Crippen LogP contribution in [0.15, 0.2) is 12.2 Å². The van der Waals surface area contributed by atoms with Crippen LogP contribution in [0.2, 0.25) is 0 Å². The Balaban J connectivity index is 2.05. The molecule has 2 heteroatoms. The van der Waals surface area contributed by atoms with Gasteiger partial charge in [0.25, 0.3) is 0 Å². The molecule has 11 heavy (non-hydrogen) atoms. The second kappa shape index (κ2) is 4.29. The van der Waals surface area contributed by atoms with Gasteiger partial charge in [0.2, 0.25) is 0 Å². The fraction of sp³-hybridized carbons (Fsp3) is 0.667. The normalized spacial score (nSPS) is 18.6. The first-order chi connectivity index (χ1) is 5.33. The first-order valence-corrected chi connectivity index (χ1v) is 4.19. The molecule has 0 spiro atoms. The van der Waals surface area contributed by atoms with E-state index in [9.17, 15) is 4.79 Å². The summed E-state index contributed by atoms with van der Waals surface area (Å²) in [5.74, 6) is 1.02. The van der Waals surface area contributed by atoms with E-state index in [-0.39, 0.29) is 5.78 Å². The molecule has 1 aliphatic heterocycles. The molecular weight excluding hydrogens is 138 g/mol. The first-order valence-electron chi connectivity index (χ1n) is 4.19. The maximum atomic E-state index is 11.0. The molecule has 62 valence electrons. The van der Waals surface area contributed by atoms with Crippen molar-refractivity contribution in [2.45, 2.75) is 19.8 Å². The molecule has 0 aromatic heterocycles. The number of allylic oxidation sites excluding steroid dienone is 2. The van der Waals surface area contributed by atoms with Crippen molar-refractivity contribution in [3.63, 3.8) is 0 Å². The summed E-state index contributed by atoms with van der Waals surface area (Å²) < 4.78 is 0. The third kappa shape index (κ3) is 2.85. The number of carbonyl (C=O) groups excluding carboxylic acids is 1. The van der Waals surface area contributed by atoms with Crippen molar-refractivity contribution in [3.8, 4) is 0 Å². The van der Waals surface area contributed by atoms with Crippen molar-refractivity contribution >= 4 is 5.78 Å². The van der Waals surface area contributed by atoms with Crippen LogP contribution in [0.1, 0.15) is 19.8 Å². The highest BCUT2D eigenvalue weighted by atomic mass is 16.1. The van der Waals surface area contributed by atoms with Crippen LogP contribution in [-0.2, 0) is 4.79 Å². The Labute approximate surface area is 67.7 Å². The van der Waals surface area contributed by atoms with E-state index in [1.807, 2.05) is 6.92 Å². The van der Waals surface area contributed by atoms with Gasteiger partial charge in [-0.05, 0) is 38.4 Å². The average molecular weight is 153 g/mol. The van der Waals surface area contributed by atoms with E-state index in [0.717, 1.165) is 31.8 Å². The van der Waals surface area contributed by atoms with Crippen molar-refractivity contribution in [2.75, 3.05) is 13.1 Å². The Hall–Kier alpha value is -0.630. The van der Waals surface area contributed by atoms with Crippen molar-refractivity contribution in [1.82, 2.24) is 5.32 Å². The lowest BCUT2D eigenvalue weighted by Crippen LogP contribution is -2.41. The van der Waals surface area contributed by atoms with Crippen LogP contribution in [0.4, 0.5) is 0 Å². The Bertz CT molecular complexity index is 159. The molecule has 1 rings (SSSR count). The molecule has 2 nitrogen and oxygen atoms in total. The predicted octanol–water partition coefficient (Wildman–Crippen LogP) is 1.13. The molecule has 1 aliphatic rings. The minimum atomic E-state index is 0.263. The molecule has 0 atom stereocenters. The van der Waals surface area contributed by atoms with Gasteiger partial charge in [0.05, 0.1) is 0 Å². The van der Waals surface area contributed by atoms with Gasteiger partial charge in [-0.15, -0.1) is 0 Å². The van der Waals surface area contributed by atoms with Crippen molar-refractivity contribution in [1.29, 1.82) is 0 Å². The smallest absolute Gasteiger partial charge is 0.155 e. The van der Waals surface area contributed by atoms with Gasteiger partial charge < -0.3 is 5.32 Å². The summed E-state index contributed by atoms with van der Waals surface area (Å²) in [7, 11) is 0. The predicted molar refractivity (Wildman–Crippen MR) is 45.4 cm³/mol. The lowest BCUT2D eigenvalue weighted by molar-refractivity contribution is -0.114. The van der Waals surface area contributed by atoms with E-state index < -0.39 is 0 Å². The molecule has 1 fully saturated rings. The van der Waals surface area contributed by atoms with E-state index in [0.29, 0.717) is 0 Å². The number of nitrogens with one attached hydrogen (secondary N) is 1. The maximum absolute atomic E-state index is 11.0. The van der Waals surface area contributed by atoms with Gasteiger partial charge in [-0.25, -0.2) is 0 Å².